The number of amides is 2. The predicted molar refractivity (Wildman–Crippen MR) is 111 cm³/mol. The largest absolute Gasteiger partial charge is 0.493 e. The van der Waals surface area contributed by atoms with Crippen LogP contribution in [0.4, 0.5) is 11.4 Å². The maximum absolute atomic E-state index is 12.6. The first-order valence-electron chi connectivity index (χ1n) is 8.64. The van der Waals surface area contributed by atoms with Crippen molar-refractivity contribution in [3.63, 3.8) is 0 Å². The van der Waals surface area contributed by atoms with Gasteiger partial charge < -0.3 is 20.1 Å². The third-order valence-corrected chi connectivity index (χ3v) is 6.98. The van der Waals surface area contributed by atoms with Crippen molar-refractivity contribution in [2.45, 2.75) is 16.2 Å². The monoisotopic (exact) mass is 436 g/mol. The van der Waals surface area contributed by atoms with Crippen molar-refractivity contribution in [3.05, 3.63) is 36.4 Å². The second-order valence-corrected chi connectivity index (χ2v) is 9.31. The summed E-state index contributed by atoms with van der Waals surface area (Å²) in [4.78, 5) is 24.4. The molecule has 2 aromatic carbocycles. The third-order valence-electron chi connectivity index (χ3n) is 4.21. The van der Waals surface area contributed by atoms with Crippen molar-refractivity contribution in [2.24, 2.45) is 0 Å². The van der Waals surface area contributed by atoms with Crippen LogP contribution in [0.25, 0.3) is 0 Å². The molecule has 0 bridgehead atoms. The Morgan fingerprint density at radius 1 is 1.14 bits per heavy atom. The lowest BCUT2D eigenvalue weighted by Gasteiger charge is -2.17. The fourth-order valence-electron chi connectivity index (χ4n) is 2.73. The highest BCUT2D eigenvalue weighted by atomic mass is 32.2. The van der Waals surface area contributed by atoms with Crippen molar-refractivity contribution in [1.82, 2.24) is 0 Å². The number of fused-ring (bicyclic) bond motifs is 1. The molecule has 0 fully saturated rings. The van der Waals surface area contributed by atoms with Gasteiger partial charge >= 0.3 is 0 Å². The lowest BCUT2D eigenvalue weighted by Crippen LogP contribution is -2.20. The van der Waals surface area contributed by atoms with Crippen molar-refractivity contribution in [2.75, 3.05) is 36.4 Å². The van der Waals surface area contributed by atoms with Crippen LogP contribution in [-0.2, 0) is 19.4 Å². The van der Waals surface area contributed by atoms with Gasteiger partial charge in [-0.15, -0.1) is 11.8 Å². The number of anilines is 2. The van der Waals surface area contributed by atoms with Crippen LogP contribution in [0.15, 0.2) is 46.2 Å². The number of rotatable bonds is 7. The second kappa shape index (κ2) is 8.75. The summed E-state index contributed by atoms with van der Waals surface area (Å²) in [5, 5.41) is 5.35. The Labute approximate surface area is 172 Å². The summed E-state index contributed by atoms with van der Waals surface area (Å²) < 4.78 is 35.5. The second-order valence-electron chi connectivity index (χ2n) is 6.18. The average Bonchev–Trinajstić information content (AvgIpc) is 2.71. The van der Waals surface area contributed by atoms with Gasteiger partial charge in [-0.3, -0.25) is 9.59 Å². The zero-order valence-electron chi connectivity index (χ0n) is 15.9. The number of sulfone groups is 1. The summed E-state index contributed by atoms with van der Waals surface area (Å²) in [6.07, 6.45) is -0.197. The molecule has 0 aliphatic carbocycles. The zero-order chi connectivity index (χ0) is 21.0. The molecule has 1 heterocycles. The molecule has 0 unspecified atom stereocenters. The van der Waals surface area contributed by atoms with Crippen molar-refractivity contribution in [1.29, 1.82) is 0 Å². The van der Waals surface area contributed by atoms with Crippen LogP contribution < -0.4 is 20.1 Å². The molecule has 1 aliphatic rings. The zero-order valence-corrected chi connectivity index (χ0v) is 17.5. The fourth-order valence-corrected chi connectivity index (χ4v) is 4.91. The van der Waals surface area contributed by atoms with Gasteiger partial charge in [0.15, 0.2) is 21.3 Å². The van der Waals surface area contributed by atoms with Crippen LogP contribution in [0, 0.1) is 0 Å². The smallest absolute Gasteiger partial charge is 0.234 e. The molecule has 0 saturated carbocycles. The van der Waals surface area contributed by atoms with E-state index in [2.05, 4.69) is 10.6 Å². The summed E-state index contributed by atoms with van der Waals surface area (Å²) >= 11 is 1.28. The van der Waals surface area contributed by atoms with Crippen molar-refractivity contribution >= 4 is 44.8 Å². The molecule has 0 atom stereocenters. The summed E-state index contributed by atoms with van der Waals surface area (Å²) in [5.41, 5.74) is 1.07. The van der Waals surface area contributed by atoms with Crippen LogP contribution in [0.5, 0.6) is 11.5 Å². The highest BCUT2D eigenvalue weighted by molar-refractivity contribution is 8.00. The van der Waals surface area contributed by atoms with Crippen molar-refractivity contribution in [3.8, 4) is 11.5 Å². The molecule has 2 aromatic rings. The van der Waals surface area contributed by atoms with Crippen LogP contribution in [0.3, 0.4) is 0 Å². The topological polar surface area (TPSA) is 111 Å². The molecule has 10 heteroatoms. The Kier molecular flexibility index (Phi) is 6.33. The van der Waals surface area contributed by atoms with Crippen LogP contribution in [0.1, 0.15) is 6.42 Å². The minimum Gasteiger partial charge on any atom is -0.493 e. The number of ether oxygens (including phenoxy) is 2. The molecule has 2 amide bonds. The molecular weight excluding hydrogens is 416 g/mol. The summed E-state index contributed by atoms with van der Waals surface area (Å²) in [6.45, 7) is 0. The van der Waals surface area contributed by atoms with Gasteiger partial charge in [-0.1, -0.05) is 0 Å². The number of nitrogens with one attached hydrogen (secondary N) is 2. The highest BCUT2D eigenvalue weighted by Gasteiger charge is 2.21. The van der Waals surface area contributed by atoms with E-state index in [9.17, 15) is 18.0 Å². The van der Waals surface area contributed by atoms with E-state index in [0.29, 0.717) is 27.8 Å². The standard InChI is InChI=1S/C19H20N2O6S2/c1-26-15-6-3-12(9-16(15)27-2)20-18(22)7-8-29(24,25)13-4-5-14-17(10-13)28-11-19(23)21-14/h3-6,9-10H,7-8,11H2,1-2H3,(H,20,22)(H,21,23). The van der Waals surface area contributed by atoms with Crippen LogP contribution >= 0.6 is 11.8 Å². The van der Waals surface area contributed by atoms with Gasteiger partial charge in [-0.05, 0) is 30.3 Å². The number of thioether (sulfide) groups is 1. The van der Waals surface area contributed by atoms with E-state index in [-0.39, 0.29) is 28.7 Å². The van der Waals surface area contributed by atoms with Gasteiger partial charge in [0.25, 0.3) is 0 Å². The lowest BCUT2D eigenvalue weighted by molar-refractivity contribution is -0.116. The van der Waals surface area contributed by atoms with Crippen LogP contribution in [0.2, 0.25) is 0 Å². The first kappa shape index (κ1) is 21.0. The Morgan fingerprint density at radius 3 is 2.62 bits per heavy atom. The molecule has 0 aromatic heterocycles. The average molecular weight is 437 g/mol. The van der Waals surface area contributed by atoms with Gasteiger partial charge in [0, 0.05) is 23.1 Å². The molecule has 29 heavy (non-hydrogen) atoms. The molecule has 154 valence electrons. The Bertz CT molecular complexity index is 1050. The summed E-state index contributed by atoms with van der Waals surface area (Å²) in [6, 6.07) is 9.42. The normalized spacial score (nSPS) is 13.2. The minimum atomic E-state index is -3.65. The third kappa shape index (κ3) is 5.01. The van der Waals surface area contributed by atoms with E-state index < -0.39 is 15.7 Å². The molecule has 0 radical (unpaired) electrons. The van der Waals surface area contributed by atoms with E-state index in [0.717, 1.165) is 0 Å². The van der Waals surface area contributed by atoms with E-state index in [1.165, 1.54) is 38.1 Å². The minimum absolute atomic E-state index is 0.120. The molecule has 0 spiro atoms. The number of carbonyl (C=O) groups is 2. The Morgan fingerprint density at radius 2 is 1.90 bits per heavy atom. The molecular formula is C19H20N2O6S2. The number of carbonyl (C=O) groups excluding carboxylic acids is 2. The maximum Gasteiger partial charge on any atom is 0.234 e. The van der Waals surface area contributed by atoms with Gasteiger partial charge in [-0.2, -0.15) is 0 Å². The van der Waals surface area contributed by atoms with Crippen LogP contribution in [-0.4, -0.2) is 46.0 Å². The molecule has 8 nitrogen and oxygen atoms in total. The highest BCUT2D eigenvalue weighted by Crippen LogP contribution is 2.33. The van der Waals surface area contributed by atoms with Gasteiger partial charge in [0.05, 0.1) is 36.3 Å². The lowest BCUT2D eigenvalue weighted by atomic mass is 10.2. The number of benzene rings is 2. The molecule has 0 saturated heterocycles. The molecule has 3 rings (SSSR count). The Hall–Kier alpha value is -2.72. The van der Waals surface area contributed by atoms with Gasteiger partial charge in [0.1, 0.15) is 0 Å². The fraction of sp³-hybridized carbons (Fsp3) is 0.263. The summed E-state index contributed by atoms with van der Waals surface area (Å²) in [5.74, 6) is 0.336. The van der Waals surface area contributed by atoms with E-state index in [1.54, 1.807) is 24.3 Å². The first-order valence-corrected chi connectivity index (χ1v) is 11.3. The quantitative estimate of drug-likeness (QED) is 0.686. The first-order chi connectivity index (χ1) is 13.8. The SMILES string of the molecule is COc1ccc(NC(=O)CCS(=O)(=O)c2ccc3c(c2)SCC(=O)N3)cc1OC. The number of hydrogen-bond donors (Lipinski definition) is 2. The molecule has 2 N–H and O–H groups in total. The predicted octanol–water partition coefficient (Wildman–Crippen LogP) is 2.55. The van der Waals surface area contributed by atoms with Gasteiger partial charge in [-0.25, -0.2) is 8.42 Å². The number of methoxy groups -OCH3 is 2. The number of hydrogen-bond acceptors (Lipinski definition) is 7. The van der Waals surface area contributed by atoms with E-state index in [1.807, 2.05) is 0 Å². The summed E-state index contributed by atoms with van der Waals surface area (Å²) in [7, 11) is -0.657. The van der Waals surface area contributed by atoms with Gasteiger partial charge in [0.2, 0.25) is 11.8 Å². The van der Waals surface area contributed by atoms with Crippen molar-refractivity contribution < 1.29 is 27.5 Å². The van der Waals surface area contributed by atoms with E-state index >= 15 is 0 Å². The Balaban J connectivity index is 1.64. The van der Waals surface area contributed by atoms with E-state index in [4.69, 9.17) is 9.47 Å². The maximum atomic E-state index is 12.6. The molecule has 1 aliphatic heterocycles.